The zero-order valence-corrected chi connectivity index (χ0v) is 11.3. The molecule has 0 saturated carbocycles. The quantitative estimate of drug-likeness (QED) is 0.869. The zero-order valence-electron chi connectivity index (χ0n) is 11.3. The highest BCUT2D eigenvalue weighted by atomic mass is 16.5. The Morgan fingerprint density at radius 2 is 2.17 bits per heavy atom. The molecular weight excluding hydrogens is 226 g/mol. The van der Waals surface area contributed by atoms with Gasteiger partial charge in [0.1, 0.15) is 0 Å². The summed E-state index contributed by atoms with van der Waals surface area (Å²) >= 11 is 0. The first kappa shape index (κ1) is 13.5. The van der Waals surface area contributed by atoms with Gasteiger partial charge in [0.2, 0.25) is 0 Å². The number of likely N-dealkylation sites (N-methyl/N-ethyl adjacent to an activating group) is 1. The summed E-state index contributed by atoms with van der Waals surface area (Å²) in [5, 5.41) is 3.22. The fourth-order valence-corrected chi connectivity index (χ4v) is 2.34. The van der Waals surface area contributed by atoms with Crippen molar-refractivity contribution in [2.45, 2.75) is 32.0 Å². The van der Waals surface area contributed by atoms with Crippen molar-refractivity contribution in [1.29, 1.82) is 0 Å². The highest BCUT2D eigenvalue weighted by Crippen LogP contribution is 2.23. The van der Waals surface area contributed by atoms with Gasteiger partial charge in [0, 0.05) is 19.8 Å². The number of rotatable bonds is 5. The second kappa shape index (κ2) is 6.88. The third-order valence-electron chi connectivity index (χ3n) is 3.33. The lowest BCUT2D eigenvalue weighted by molar-refractivity contribution is -0.0684. The fourth-order valence-electron chi connectivity index (χ4n) is 2.34. The van der Waals surface area contributed by atoms with Crippen molar-refractivity contribution in [2.24, 2.45) is 0 Å². The Hall–Kier alpha value is -0.900. The average molecular weight is 249 g/mol. The van der Waals surface area contributed by atoms with E-state index in [9.17, 15) is 0 Å². The Morgan fingerprint density at radius 3 is 2.83 bits per heavy atom. The van der Waals surface area contributed by atoms with Crippen LogP contribution in [0.3, 0.4) is 0 Å². The van der Waals surface area contributed by atoms with Crippen LogP contribution >= 0.6 is 0 Å². The van der Waals surface area contributed by atoms with Gasteiger partial charge in [-0.15, -0.1) is 0 Å². The molecule has 0 spiro atoms. The van der Waals surface area contributed by atoms with Crippen LogP contribution in [-0.2, 0) is 9.47 Å². The highest BCUT2D eigenvalue weighted by molar-refractivity contribution is 5.24. The largest absolute Gasteiger partial charge is 0.381 e. The molecule has 0 amide bonds. The van der Waals surface area contributed by atoms with Gasteiger partial charge >= 0.3 is 0 Å². The van der Waals surface area contributed by atoms with Gasteiger partial charge in [-0.2, -0.15) is 0 Å². The summed E-state index contributed by atoms with van der Waals surface area (Å²) in [4.78, 5) is 0. The summed E-state index contributed by atoms with van der Waals surface area (Å²) in [5.41, 5.74) is 2.54. The lowest BCUT2D eigenvalue weighted by Gasteiger charge is -2.28. The van der Waals surface area contributed by atoms with E-state index in [1.807, 2.05) is 7.05 Å². The lowest BCUT2D eigenvalue weighted by Crippen LogP contribution is -2.29. The molecule has 0 aliphatic carbocycles. The maximum atomic E-state index is 6.23. The molecule has 1 aromatic rings. The van der Waals surface area contributed by atoms with E-state index in [0.29, 0.717) is 6.10 Å². The van der Waals surface area contributed by atoms with Crippen LogP contribution in [0.4, 0.5) is 0 Å². The number of hydrogen-bond donors (Lipinski definition) is 1. The number of aryl methyl sites for hydroxylation is 1. The molecule has 1 aromatic carbocycles. The molecule has 0 bridgehead atoms. The Kier molecular flexibility index (Phi) is 5.17. The van der Waals surface area contributed by atoms with Crippen LogP contribution in [-0.4, -0.2) is 32.9 Å². The molecular formula is C15H23NO2. The van der Waals surface area contributed by atoms with Crippen LogP contribution in [0.5, 0.6) is 0 Å². The summed E-state index contributed by atoms with van der Waals surface area (Å²) in [6.07, 6.45) is 2.48. The second-order valence-electron chi connectivity index (χ2n) is 4.91. The SMILES string of the molecule is CNCC(OC1CCOCC1)c1cccc(C)c1. The molecule has 1 fully saturated rings. The van der Waals surface area contributed by atoms with E-state index < -0.39 is 0 Å². The molecule has 1 aliphatic heterocycles. The molecule has 2 rings (SSSR count). The maximum absolute atomic E-state index is 6.23. The summed E-state index contributed by atoms with van der Waals surface area (Å²) < 4.78 is 11.6. The Bertz CT molecular complexity index is 361. The zero-order chi connectivity index (χ0) is 12.8. The van der Waals surface area contributed by atoms with Gasteiger partial charge in [-0.25, -0.2) is 0 Å². The maximum Gasteiger partial charge on any atom is 0.0952 e. The number of nitrogens with one attached hydrogen (secondary N) is 1. The minimum absolute atomic E-state index is 0.137. The number of hydrogen-bond acceptors (Lipinski definition) is 3. The van der Waals surface area contributed by atoms with Gasteiger partial charge in [-0.3, -0.25) is 0 Å². The minimum atomic E-state index is 0.137. The smallest absolute Gasteiger partial charge is 0.0952 e. The van der Waals surface area contributed by atoms with Crippen LogP contribution < -0.4 is 5.32 Å². The topological polar surface area (TPSA) is 30.5 Å². The molecule has 1 aliphatic rings. The third-order valence-corrected chi connectivity index (χ3v) is 3.33. The molecule has 1 unspecified atom stereocenters. The summed E-state index contributed by atoms with van der Waals surface area (Å²) in [6, 6.07) is 8.57. The standard InChI is InChI=1S/C15H23NO2/c1-12-4-3-5-13(10-12)15(11-16-2)18-14-6-8-17-9-7-14/h3-5,10,14-16H,6-9,11H2,1-2H3. The van der Waals surface area contributed by atoms with Crippen LogP contribution in [0.2, 0.25) is 0 Å². The van der Waals surface area contributed by atoms with Crippen molar-refractivity contribution in [3.8, 4) is 0 Å². The molecule has 1 heterocycles. The van der Waals surface area contributed by atoms with Crippen LogP contribution in [0.15, 0.2) is 24.3 Å². The molecule has 0 radical (unpaired) electrons. The predicted octanol–water partition coefficient (Wildman–Crippen LogP) is 2.45. The van der Waals surface area contributed by atoms with E-state index in [0.717, 1.165) is 32.6 Å². The first-order valence-electron chi connectivity index (χ1n) is 6.74. The van der Waals surface area contributed by atoms with Crippen molar-refractivity contribution in [3.63, 3.8) is 0 Å². The molecule has 100 valence electrons. The Morgan fingerprint density at radius 1 is 1.39 bits per heavy atom. The van der Waals surface area contributed by atoms with E-state index in [2.05, 4.69) is 36.5 Å². The van der Waals surface area contributed by atoms with Gasteiger partial charge in [-0.05, 0) is 32.4 Å². The number of benzene rings is 1. The number of ether oxygens (including phenoxy) is 2. The van der Waals surface area contributed by atoms with E-state index in [4.69, 9.17) is 9.47 Å². The van der Waals surface area contributed by atoms with E-state index in [-0.39, 0.29) is 6.10 Å². The molecule has 18 heavy (non-hydrogen) atoms. The fraction of sp³-hybridized carbons (Fsp3) is 0.600. The monoisotopic (exact) mass is 249 g/mol. The van der Waals surface area contributed by atoms with E-state index >= 15 is 0 Å². The third kappa shape index (κ3) is 3.80. The minimum Gasteiger partial charge on any atom is -0.381 e. The van der Waals surface area contributed by atoms with Gasteiger partial charge in [-0.1, -0.05) is 29.8 Å². The molecule has 3 heteroatoms. The van der Waals surface area contributed by atoms with Crippen molar-refractivity contribution in [1.82, 2.24) is 5.32 Å². The lowest BCUT2D eigenvalue weighted by atomic mass is 10.1. The van der Waals surface area contributed by atoms with Crippen molar-refractivity contribution in [3.05, 3.63) is 35.4 Å². The summed E-state index contributed by atoms with van der Waals surface area (Å²) in [5.74, 6) is 0. The van der Waals surface area contributed by atoms with Gasteiger partial charge in [0.05, 0.1) is 12.2 Å². The second-order valence-corrected chi connectivity index (χ2v) is 4.91. The molecule has 1 saturated heterocycles. The Balaban J connectivity index is 2.02. The van der Waals surface area contributed by atoms with Crippen molar-refractivity contribution in [2.75, 3.05) is 26.8 Å². The van der Waals surface area contributed by atoms with E-state index in [1.54, 1.807) is 0 Å². The van der Waals surface area contributed by atoms with Crippen molar-refractivity contribution >= 4 is 0 Å². The summed E-state index contributed by atoms with van der Waals surface area (Å²) in [6.45, 7) is 4.62. The molecule has 1 atom stereocenters. The van der Waals surface area contributed by atoms with Gasteiger partial charge < -0.3 is 14.8 Å². The van der Waals surface area contributed by atoms with E-state index in [1.165, 1.54) is 11.1 Å². The molecule has 3 nitrogen and oxygen atoms in total. The molecule has 1 N–H and O–H groups in total. The predicted molar refractivity (Wildman–Crippen MR) is 72.8 cm³/mol. The first-order valence-corrected chi connectivity index (χ1v) is 6.74. The summed E-state index contributed by atoms with van der Waals surface area (Å²) in [7, 11) is 1.97. The van der Waals surface area contributed by atoms with Crippen LogP contribution in [0, 0.1) is 6.92 Å². The van der Waals surface area contributed by atoms with Gasteiger partial charge in [0.15, 0.2) is 0 Å². The highest BCUT2D eigenvalue weighted by Gasteiger charge is 2.20. The van der Waals surface area contributed by atoms with Crippen molar-refractivity contribution < 1.29 is 9.47 Å². The Labute approximate surface area is 109 Å². The van der Waals surface area contributed by atoms with Crippen LogP contribution in [0.1, 0.15) is 30.1 Å². The normalized spacial score (nSPS) is 18.8. The average Bonchev–Trinajstić information content (AvgIpc) is 2.39. The van der Waals surface area contributed by atoms with Gasteiger partial charge in [0.25, 0.3) is 0 Å². The van der Waals surface area contributed by atoms with Crippen LogP contribution in [0.25, 0.3) is 0 Å². The first-order chi connectivity index (χ1) is 8.79. The molecule has 0 aromatic heterocycles.